The van der Waals surface area contributed by atoms with Gasteiger partial charge < -0.3 is 5.32 Å². The molecule has 0 amide bonds. The fourth-order valence-electron chi connectivity index (χ4n) is 0.939. The molecule has 0 atom stereocenters. The largest absolute Gasteiger partial charge is 0.388 e. The molecule has 2 N–H and O–H groups in total. The summed E-state index contributed by atoms with van der Waals surface area (Å²) in [6.07, 6.45) is 0. The van der Waals surface area contributed by atoms with Crippen LogP contribution in [0.2, 0.25) is 0 Å². The van der Waals surface area contributed by atoms with Crippen molar-refractivity contribution in [2.45, 2.75) is 11.8 Å². The third-order valence-electron chi connectivity index (χ3n) is 1.59. The number of hydrogen-bond donors (Lipinski definition) is 2. The van der Waals surface area contributed by atoms with Crippen LogP contribution < -0.4 is 5.32 Å². The maximum Gasteiger partial charge on any atom is 0.0682 e. The molecule has 0 aliphatic carbocycles. The third kappa shape index (κ3) is 3.96. The van der Waals surface area contributed by atoms with Crippen molar-refractivity contribution in [3.05, 3.63) is 23.8 Å². The molecule has 1 rings (SSSR count). The summed E-state index contributed by atoms with van der Waals surface area (Å²) in [7, 11) is 1.87. The second-order valence-corrected chi connectivity index (χ2v) is 3.14. The van der Waals surface area contributed by atoms with Gasteiger partial charge in [-0.25, -0.2) is 5.26 Å². The first-order valence-corrected chi connectivity index (χ1v) is 4.28. The number of aryl methyl sites for hydroxylation is 1. The van der Waals surface area contributed by atoms with Crippen molar-refractivity contribution < 1.29 is 42.3 Å². The van der Waals surface area contributed by atoms with Crippen LogP contribution in [0.15, 0.2) is 23.1 Å². The van der Waals surface area contributed by atoms with E-state index in [0.29, 0.717) is 0 Å². The van der Waals surface area contributed by atoms with E-state index in [1.165, 1.54) is 0 Å². The Hall–Kier alpha value is 0.394. The normalized spacial score (nSPS) is 9.15. The Bertz CT molecular complexity index is 270. The summed E-state index contributed by atoms with van der Waals surface area (Å²) in [5.74, 6) is 0. The van der Waals surface area contributed by atoms with Crippen LogP contribution >= 0.6 is 12.0 Å². The minimum absolute atomic E-state index is 0. The molecule has 69 valence electrons. The first-order valence-electron chi connectivity index (χ1n) is 3.54. The summed E-state index contributed by atoms with van der Waals surface area (Å²) < 4.78 is 3.98. The number of anilines is 1. The molecule has 0 aliphatic heterocycles. The molecule has 0 heterocycles. The first kappa shape index (κ1) is 13.4. The van der Waals surface area contributed by atoms with Crippen LogP contribution in [0.4, 0.5) is 5.69 Å². The zero-order valence-corrected chi connectivity index (χ0v) is 11.2. The minimum Gasteiger partial charge on any atom is -0.388 e. The fourth-order valence-corrected chi connectivity index (χ4v) is 1.33. The van der Waals surface area contributed by atoms with Gasteiger partial charge >= 0.3 is 0 Å². The molecule has 1 aromatic rings. The van der Waals surface area contributed by atoms with Crippen LogP contribution in [0.5, 0.6) is 0 Å². The Morgan fingerprint density at radius 3 is 2.62 bits per heavy atom. The van der Waals surface area contributed by atoms with Crippen LogP contribution in [0.3, 0.4) is 0 Å². The maximum atomic E-state index is 8.22. The number of benzene rings is 1. The first-order chi connectivity index (χ1) is 5.77. The molecule has 0 fully saturated rings. The van der Waals surface area contributed by atoms with Crippen LogP contribution in [0.25, 0.3) is 0 Å². The van der Waals surface area contributed by atoms with E-state index in [2.05, 4.69) is 9.65 Å². The Balaban J connectivity index is 0.00000144. The fraction of sp³-hybridized carbons (Fsp3) is 0.250. The van der Waals surface area contributed by atoms with E-state index in [4.69, 9.17) is 5.26 Å². The van der Waals surface area contributed by atoms with E-state index in [1.807, 2.05) is 32.2 Å². The van der Waals surface area contributed by atoms with E-state index in [9.17, 15) is 0 Å². The van der Waals surface area contributed by atoms with E-state index in [1.54, 1.807) is 0 Å². The minimum atomic E-state index is 0. The van der Waals surface area contributed by atoms with E-state index in [-0.39, 0.29) is 32.7 Å². The van der Waals surface area contributed by atoms with Gasteiger partial charge in [0.05, 0.1) is 12.0 Å². The monoisotopic (exact) mass is 274 g/mol. The van der Waals surface area contributed by atoms with Crippen LogP contribution in [0, 0.1) is 6.92 Å². The van der Waals surface area contributed by atoms with Crippen molar-refractivity contribution in [2.24, 2.45) is 0 Å². The summed E-state index contributed by atoms with van der Waals surface area (Å²) in [5.41, 5.74) is 2.12. The zero-order valence-electron chi connectivity index (χ0n) is 7.57. The van der Waals surface area contributed by atoms with Gasteiger partial charge in [0, 0.05) is 50.3 Å². The molecule has 0 bridgehead atoms. The van der Waals surface area contributed by atoms with E-state index < -0.39 is 0 Å². The second-order valence-electron chi connectivity index (χ2n) is 2.39. The number of nitrogens with one attached hydrogen (secondary N) is 1. The summed E-state index contributed by atoms with van der Waals surface area (Å²) in [6.45, 7) is 1.96. The molecule has 1 aromatic carbocycles. The molecule has 0 unspecified atom stereocenters. The number of rotatable bonds is 3. The summed E-state index contributed by atoms with van der Waals surface area (Å²) in [6, 6.07) is 5.80. The maximum absolute atomic E-state index is 8.22. The molecule has 3 nitrogen and oxygen atoms in total. The molecule has 0 spiro atoms. The van der Waals surface area contributed by atoms with Gasteiger partial charge in [-0.1, -0.05) is 0 Å². The SMILES string of the molecule is CNc1ccc(SOO)c(C)c1.[Y]. The topological polar surface area (TPSA) is 41.5 Å². The predicted octanol–water partition coefficient (Wildman–Crippen LogP) is 2.53. The summed E-state index contributed by atoms with van der Waals surface area (Å²) in [4.78, 5) is 0.913. The molecule has 0 saturated carbocycles. The van der Waals surface area contributed by atoms with Gasteiger partial charge in [0.2, 0.25) is 0 Å². The van der Waals surface area contributed by atoms with Crippen molar-refractivity contribution >= 4 is 17.7 Å². The predicted molar refractivity (Wildman–Crippen MR) is 50.3 cm³/mol. The third-order valence-corrected chi connectivity index (χ3v) is 2.30. The molecule has 0 saturated heterocycles. The van der Waals surface area contributed by atoms with Gasteiger partial charge in [0.15, 0.2) is 0 Å². The van der Waals surface area contributed by atoms with Crippen LogP contribution in [0.1, 0.15) is 5.56 Å². The second kappa shape index (κ2) is 6.79. The Morgan fingerprint density at radius 2 is 2.15 bits per heavy atom. The van der Waals surface area contributed by atoms with Crippen molar-refractivity contribution in [1.29, 1.82) is 0 Å². The molecular formula is C8H11NO2SY. The van der Waals surface area contributed by atoms with Crippen molar-refractivity contribution in [1.82, 2.24) is 0 Å². The van der Waals surface area contributed by atoms with E-state index >= 15 is 0 Å². The Kier molecular flexibility index (Phi) is 7.00. The van der Waals surface area contributed by atoms with Gasteiger partial charge in [0.25, 0.3) is 0 Å². The standard InChI is InChI=1S/C8H11NO2S.Y/c1-6-5-7(9-2)3-4-8(6)12-11-10;/h3-5,9-10H,1-2H3;. The van der Waals surface area contributed by atoms with Crippen molar-refractivity contribution in [2.75, 3.05) is 12.4 Å². The van der Waals surface area contributed by atoms with Gasteiger partial charge in [-0.15, -0.1) is 0 Å². The van der Waals surface area contributed by atoms with Crippen LogP contribution in [-0.4, -0.2) is 12.3 Å². The zero-order chi connectivity index (χ0) is 8.97. The van der Waals surface area contributed by atoms with Gasteiger partial charge in [-0.05, 0) is 30.7 Å². The molecule has 5 heteroatoms. The molecule has 0 aromatic heterocycles. The number of hydrogen-bond acceptors (Lipinski definition) is 4. The van der Waals surface area contributed by atoms with Crippen molar-refractivity contribution in [3.8, 4) is 0 Å². The Labute approximate surface area is 107 Å². The Morgan fingerprint density at radius 1 is 1.46 bits per heavy atom. The molecule has 1 radical (unpaired) electrons. The van der Waals surface area contributed by atoms with Crippen molar-refractivity contribution in [3.63, 3.8) is 0 Å². The molecular weight excluding hydrogens is 263 g/mol. The summed E-state index contributed by atoms with van der Waals surface area (Å²) >= 11 is 0.949. The van der Waals surface area contributed by atoms with Gasteiger partial charge in [0.1, 0.15) is 0 Å². The average molecular weight is 274 g/mol. The quantitative estimate of drug-likeness (QED) is 0.505. The van der Waals surface area contributed by atoms with Crippen LogP contribution in [-0.2, 0) is 37.0 Å². The summed E-state index contributed by atoms with van der Waals surface area (Å²) in [5, 5.41) is 11.2. The smallest absolute Gasteiger partial charge is 0.0682 e. The molecule has 13 heavy (non-hydrogen) atoms. The van der Waals surface area contributed by atoms with E-state index in [0.717, 1.165) is 28.2 Å². The average Bonchev–Trinajstić information content (AvgIpc) is 2.09. The van der Waals surface area contributed by atoms with Gasteiger partial charge in [-0.2, -0.15) is 4.33 Å². The van der Waals surface area contributed by atoms with Gasteiger partial charge in [-0.3, -0.25) is 0 Å². The molecule has 0 aliphatic rings.